The zero-order chi connectivity index (χ0) is 20.3. The van der Waals surface area contributed by atoms with Gasteiger partial charge < -0.3 is 0 Å². The lowest BCUT2D eigenvalue weighted by Crippen LogP contribution is -2.30. The predicted octanol–water partition coefficient (Wildman–Crippen LogP) is 3.76. The molecule has 8 nitrogen and oxygen atoms in total. The Labute approximate surface area is 155 Å². The minimum atomic E-state index is -4.73. The number of rotatable bonds is 5. The van der Waals surface area contributed by atoms with Gasteiger partial charge in [0.1, 0.15) is 11.4 Å². The maximum absolute atomic E-state index is 12.7. The van der Waals surface area contributed by atoms with Crippen LogP contribution < -0.4 is 10.9 Å². The molecule has 11 heteroatoms. The fourth-order valence-corrected chi connectivity index (χ4v) is 2.35. The molecule has 2 aromatic carbocycles. The Morgan fingerprint density at radius 1 is 1.11 bits per heavy atom. The lowest BCUT2D eigenvalue weighted by Gasteiger charge is -2.11. The molecule has 3 N–H and O–H groups in total. The van der Waals surface area contributed by atoms with Gasteiger partial charge in [-0.25, -0.2) is 0 Å². The Hall–Kier alpha value is -3.89. The van der Waals surface area contributed by atoms with Crippen LogP contribution in [0.2, 0.25) is 0 Å². The first kappa shape index (κ1) is 18.9. The normalized spacial score (nSPS) is 11.1. The second-order valence-corrected chi connectivity index (χ2v) is 5.60. The molecule has 28 heavy (non-hydrogen) atoms. The molecule has 0 aliphatic rings. The number of carbonyl (C=O) groups is 1. The van der Waals surface area contributed by atoms with Gasteiger partial charge in [-0.3, -0.25) is 30.9 Å². The Kier molecular flexibility index (Phi) is 4.98. The van der Waals surface area contributed by atoms with Crippen molar-refractivity contribution in [2.24, 2.45) is 0 Å². The topological polar surface area (TPSA) is 113 Å². The molecule has 0 saturated heterocycles. The standard InChI is InChI=1S/C17H12F3N5O3/c18-17(19,20)11-6-7-12(15(8-11)25(27)28)21-24-16(26)14-9-13(22-23-14)10-4-2-1-3-5-10/h1-9,21H,(H,22,23)(H,24,26). The van der Waals surface area contributed by atoms with Crippen LogP contribution in [-0.2, 0) is 6.18 Å². The molecule has 3 rings (SSSR count). The van der Waals surface area contributed by atoms with Crippen LogP contribution in [0.4, 0.5) is 24.5 Å². The number of amides is 1. The van der Waals surface area contributed by atoms with Crippen molar-refractivity contribution >= 4 is 17.3 Å². The van der Waals surface area contributed by atoms with Crippen LogP contribution in [0.25, 0.3) is 11.3 Å². The fourth-order valence-electron chi connectivity index (χ4n) is 2.35. The number of aromatic nitrogens is 2. The summed E-state index contributed by atoms with van der Waals surface area (Å²) in [5.41, 5.74) is 3.49. The van der Waals surface area contributed by atoms with Crippen LogP contribution in [-0.4, -0.2) is 21.0 Å². The summed E-state index contributed by atoms with van der Waals surface area (Å²) in [5, 5.41) is 17.6. The third-order valence-corrected chi connectivity index (χ3v) is 3.72. The molecule has 144 valence electrons. The number of H-pyrrole nitrogens is 1. The second kappa shape index (κ2) is 7.39. The van der Waals surface area contributed by atoms with Gasteiger partial charge in [0.25, 0.3) is 11.6 Å². The Morgan fingerprint density at radius 3 is 2.46 bits per heavy atom. The van der Waals surface area contributed by atoms with E-state index in [0.717, 1.165) is 11.6 Å². The number of hydrazine groups is 1. The first-order valence-electron chi connectivity index (χ1n) is 7.78. The number of nitro groups is 1. The van der Waals surface area contributed by atoms with Crippen molar-refractivity contribution in [3.63, 3.8) is 0 Å². The largest absolute Gasteiger partial charge is 0.416 e. The van der Waals surface area contributed by atoms with Gasteiger partial charge in [0.2, 0.25) is 0 Å². The van der Waals surface area contributed by atoms with Crippen LogP contribution in [0.1, 0.15) is 16.1 Å². The first-order valence-corrected chi connectivity index (χ1v) is 7.78. The number of aromatic amines is 1. The molecular weight excluding hydrogens is 379 g/mol. The van der Waals surface area contributed by atoms with Crippen molar-refractivity contribution in [2.75, 3.05) is 5.43 Å². The Morgan fingerprint density at radius 2 is 1.82 bits per heavy atom. The highest BCUT2D eigenvalue weighted by Crippen LogP contribution is 2.34. The number of carbonyl (C=O) groups excluding carboxylic acids is 1. The molecule has 0 aliphatic carbocycles. The van der Waals surface area contributed by atoms with Gasteiger partial charge in [0.05, 0.1) is 16.2 Å². The summed E-state index contributed by atoms with van der Waals surface area (Å²) in [7, 11) is 0. The predicted molar refractivity (Wildman–Crippen MR) is 93.2 cm³/mol. The van der Waals surface area contributed by atoms with Gasteiger partial charge in [-0.05, 0) is 18.2 Å². The van der Waals surface area contributed by atoms with E-state index in [1.54, 1.807) is 24.3 Å². The molecule has 0 saturated carbocycles. The number of hydrogen-bond donors (Lipinski definition) is 3. The SMILES string of the molecule is O=C(NNc1ccc(C(F)(F)F)cc1[N+](=O)[O-])c1cc(-c2ccccc2)n[nH]1. The summed E-state index contributed by atoms with van der Waals surface area (Å²) in [4.78, 5) is 22.2. The van der Waals surface area contributed by atoms with E-state index in [1.807, 2.05) is 6.07 Å². The Balaban J connectivity index is 1.74. The summed E-state index contributed by atoms with van der Waals surface area (Å²) >= 11 is 0. The summed E-state index contributed by atoms with van der Waals surface area (Å²) in [6, 6.07) is 12.4. The number of benzene rings is 2. The zero-order valence-corrected chi connectivity index (χ0v) is 13.9. The summed E-state index contributed by atoms with van der Waals surface area (Å²) in [6.45, 7) is 0. The zero-order valence-electron chi connectivity index (χ0n) is 13.9. The number of nitrogens with zero attached hydrogens (tertiary/aromatic N) is 2. The van der Waals surface area contributed by atoms with Gasteiger partial charge in [-0.1, -0.05) is 30.3 Å². The van der Waals surface area contributed by atoms with Gasteiger partial charge in [0, 0.05) is 11.6 Å². The van der Waals surface area contributed by atoms with Gasteiger partial charge >= 0.3 is 6.18 Å². The minimum Gasteiger partial charge on any atom is -0.292 e. The summed E-state index contributed by atoms with van der Waals surface area (Å²) < 4.78 is 38.2. The maximum atomic E-state index is 12.7. The van der Waals surface area contributed by atoms with E-state index >= 15 is 0 Å². The first-order chi connectivity index (χ1) is 13.3. The molecule has 0 fully saturated rings. The van der Waals surface area contributed by atoms with Crippen LogP contribution in [0.3, 0.4) is 0 Å². The highest BCUT2D eigenvalue weighted by molar-refractivity contribution is 5.94. The molecule has 0 bridgehead atoms. The summed E-state index contributed by atoms with van der Waals surface area (Å²) in [6.07, 6.45) is -4.73. The molecule has 1 aromatic heterocycles. The van der Waals surface area contributed by atoms with E-state index in [-0.39, 0.29) is 11.4 Å². The van der Waals surface area contributed by atoms with E-state index in [4.69, 9.17) is 0 Å². The minimum absolute atomic E-state index is 0.0564. The van der Waals surface area contributed by atoms with E-state index in [9.17, 15) is 28.1 Å². The smallest absolute Gasteiger partial charge is 0.292 e. The van der Waals surface area contributed by atoms with Crippen molar-refractivity contribution in [1.29, 1.82) is 0 Å². The molecule has 0 radical (unpaired) electrons. The van der Waals surface area contributed by atoms with Gasteiger partial charge in [-0.15, -0.1) is 0 Å². The molecular formula is C17H12F3N5O3. The molecule has 1 amide bonds. The van der Waals surface area contributed by atoms with Crippen molar-refractivity contribution in [3.8, 4) is 11.3 Å². The monoisotopic (exact) mass is 391 g/mol. The highest BCUT2D eigenvalue weighted by Gasteiger charge is 2.33. The van der Waals surface area contributed by atoms with Gasteiger partial charge in [-0.2, -0.15) is 18.3 Å². The van der Waals surface area contributed by atoms with E-state index in [1.165, 1.54) is 6.07 Å². The number of hydrogen-bond acceptors (Lipinski definition) is 5. The number of alkyl halides is 3. The molecule has 0 spiro atoms. The van der Waals surface area contributed by atoms with E-state index in [2.05, 4.69) is 21.0 Å². The average Bonchev–Trinajstić information content (AvgIpc) is 3.16. The third-order valence-electron chi connectivity index (χ3n) is 3.72. The molecule has 0 atom stereocenters. The van der Waals surface area contributed by atoms with Crippen molar-refractivity contribution in [3.05, 3.63) is 76.0 Å². The van der Waals surface area contributed by atoms with Crippen LogP contribution in [0.5, 0.6) is 0 Å². The van der Waals surface area contributed by atoms with Crippen LogP contribution >= 0.6 is 0 Å². The van der Waals surface area contributed by atoms with Crippen LogP contribution in [0.15, 0.2) is 54.6 Å². The number of anilines is 1. The second-order valence-electron chi connectivity index (χ2n) is 5.60. The number of nitrogens with one attached hydrogen (secondary N) is 3. The molecule has 1 heterocycles. The average molecular weight is 391 g/mol. The van der Waals surface area contributed by atoms with Crippen molar-refractivity contribution < 1.29 is 22.9 Å². The van der Waals surface area contributed by atoms with E-state index < -0.39 is 28.3 Å². The quantitative estimate of drug-likeness (QED) is 0.453. The van der Waals surface area contributed by atoms with E-state index in [0.29, 0.717) is 17.8 Å². The molecule has 3 aromatic rings. The lowest BCUT2D eigenvalue weighted by atomic mass is 10.1. The maximum Gasteiger partial charge on any atom is 0.416 e. The molecule has 0 aliphatic heterocycles. The third kappa shape index (κ3) is 4.09. The van der Waals surface area contributed by atoms with Crippen molar-refractivity contribution in [2.45, 2.75) is 6.18 Å². The van der Waals surface area contributed by atoms with Gasteiger partial charge in [0.15, 0.2) is 0 Å². The number of halogens is 3. The molecule has 0 unspecified atom stereocenters. The fraction of sp³-hybridized carbons (Fsp3) is 0.0588. The van der Waals surface area contributed by atoms with Crippen molar-refractivity contribution in [1.82, 2.24) is 15.6 Å². The Bertz CT molecular complexity index is 1020. The summed E-state index contributed by atoms with van der Waals surface area (Å²) in [5.74, 6) is -0.705. The number of nitro benzene ring substituents is 1. The lowest BCUT2D eigenvalue weighted by molar-refractivity contribution is -0.384. The van der Waals surface area contributed by atoms with Crippen LogP contribution in [0, 0.1) is 10.1 Å². The highest BCUT2D eigenvalue weighted by atomic mass is 19.4.